The molecular weight excluding hydrogens is 266 g/mol. The van der Waals surface area contributed by atoms with Crippen molar-refractivity contribution in [2.45, 2.75) is 37.0 Å². The highest BCUT2D eigenvalue weighted by Crippen LogP contribution is 2.32. The van der Waals surface area contributed by atoms with Gasteiger partial charge in [-0.05, 0) is 43.4 Å². The highest BCUT2D eigenvalue weighted by molar-refractivity contribution is 7.99. The van der Waals surface area contributed by atoms with Crippen molar-refractivity contribution in [1.29, 1.82) is 0 Å². The van der Waals surface area contributed by atoms with Crippen LogP contribution in [0.3, 0.4) is 0 Å². The summed E-state index contributed by atoms with van der Waals surface area (Å²) in [6.45, 7) is 0. The van der Waals surface area contributed by atoms with Crippen molar-refractivity contribution in [3.05, 3.63) is 30.5 Å². The van der Waals surface area contributed by atoms with Crippen LogP contribution in [0.4, 0.5) is 11.4 Å². The fourth-order valence-corrected chi connectivity index (χ4v) is 4.00. The minimum absolute atomic E-state index is 0.547. The maximum absolute atomic E-state index is 6.02. The first kappa shape index (κ1) is 13.6. The second kappa shape index (κ2) is 5.92. The number of thioether (sulfide) groups is 1. The molecule has 0 radical (unpaired) electrons. The zero-order valence-electron chi connectivity index (χ0n) is 11.8. The van der Waals surface area contributed by atoms with Crippen molar-refractivity contribution in [3.8, 4) is 0 Å². The minimum atomic E-state index is 0.547. The van der Waals surface area contributed by atoms with Gasteiger partial charge in [0.05, 0.1) is 11.2 Å². The first-order valence-corrected chi connectivity index (χ1v) is 8.51. The Balaban J connectivity index is 1.92. The molecule has 106 valence electrons. The Morgan fingerprint density at radius 1 is 1.25 bits per heavy atom. The molecular formula is C16H21N3S. The molecule has 1 aromatic heterocycles. The Bertz CT molecular complexity index is 599. The molecule has 3 N–H and O–H groups in total. The van der Waals surface area contributed by atoms with Gasteiger partial charge in [-0.1, -0.05) is 12.8 Å². The van der Waals surface area contributed by atoms with Gasteiger partial charge in [0.25, 0.3) is 0 Å². The number of nitrogens with two attached hydrogens (primary N) is 1. The smallest absolute Gasteiger partial charge is 0.0951 e. The number of nitrogens with zero attached hydrogens (tertiary/aromatic N) is 1. The quantitative estimate of drug-likeness (QED) is 0.841. The summed E-state index contributed by atoms with van der Waals surface area (Å²) < 4.78 is 0. The van der Waals surface area contributed by atoms with Gasteiger partial charge < -0.3 is 11.1 Å². The van der Waals surface area contributed by atoms with E-state index in [1.165, 1.54) is 25.7 Å². The molecule has 1 heterocycles. The molecule has 0 spiro atoms. The molecule has 3 rings (SSSR count). The van der Waals surface area contributed by atoms with Gasteiger partial charge >= 0.3 is 0 Å². The van der Waals surface area contributed by atoms with Gasteiger partial charge in [0.15, 0.2) is 0 Å². The molecule has 1 aliphatic rings. The van der Waals surface area contributed by atoms with Crippen LogP contribution in [-0.2, 0) is 0 Å². The molecule has 0 amide bonds. The number of nitrogens with one attached hydrogen (secondary N) is 1. The van der Waals surface area contributed by atoms with Crippen LogP contribution in [0.2, 0.25) is 0 Å². The molecule has 0 aliphatic heterocycles. The Hall–Kier alpha value is -1.42. The lowest BCUT2D eigenvalue weighted by Crippen LogP contribution is -2.34. The second-order valence-electron chi connectivity index (χ2n) is 5.41. The molecule has 2 aromatic rings. The van der Waals surface area contributed by atoms with E-state index in [0.29, 0.717) is 11.3 Å². The number of aromatic nitrogens is 1. The van der Waals surface area contributed by atoms with Crippen molar-refractivity contribution in [2.75, 3.05) is 17.3 Å². The summed E-state index contributed by atoms with van der Waals surface area (Å²) in [5, 5.41) is 5.56. The summed E-state index contributed by atoms with van der Waals surface area (Å²) in [4.78, 5) is 4.40. The van der Waals surface area contributed by atoms with Crippen LogP contribution in [0.5, 0.6) is 0 Å². The molecule has 2 atom stereocenters. The molecule has 1 aliphatic carbocycles. The first-order valence-electron chi connectivity index (χ1n) is 7.22. The number of nitrogen functional groups attached to an aromatic ring is 1. The van der Waals surface area contributed by atoms with Crippen LogP contribution in [-0.4, -0.2) is 22.5 Å². The SMILES string of the molecule is CSC1CCCCC1Nc1ccc(N)c2ncccc12. The molecule has 3 nitrogen and oxygen atoms in total. The van der Waals surface area contributed by atoms with Crippen LogP contribution in [0, 0.1) is 0 Å². The molecule has 1 aromatic carbocycles. The predicted octanol–water partition coefficient (Wildman–Crippen LogP) is 3.90. The molecule has 20 heavy (non-hydrogen) atoms. The van der Waals surface area contributed by atoms with E-state index in [-0.39, 0.29) is 0 Å². The molecule has 1 fully saturated rings. The average molecular weight is 287 g/mol. The maximum atomic E-state index is 6.02. The summed E-state index contributed by atoms with van der Waals surface area (Å²) >= 11 is 1.98. The predicted molar refractivity (Wildman–Crippen MR) is 89.3 cm³/mol. The standard InChI is InChI=1S/C16H21N3S/c1-20-15-7-3-2-6-14(15)19-13-9-8-12(17)16-11(13)5-4-10-18-16/h4-5,8-10,14-15,19H,2-3,6-7,17H2,1H3. The summed E-state index contributed by atoms with van der Waals surface area (Å²) in [5.74, 6) is 0. The van der Waals surface area contributed by atoms with Crippen LogP contribution < -0.4 is 11.1 Å². The lowest BCUT2D eigenvalue weighted by atomic mass is 9.94. The number of hydrogen-bond acceptors (Lipinski definition) is 4. The number of rotatable bonds is 3. The van der Waals surface area contributed by atoms with Crippen LogP contribution >= 0.6 is 11.8 Å². The summed E-state index contributed by atoms with van der Waals surface area (Å²) in [5.41, 5.74) is 8.82. The van der Waals surface area contributed by atoms with E-state index in [2.05, 4.69) is 28.7 Å². The van der Waals surface area contributed by atoms with E-state index < -0.39 is 0 Å². The van der Waals surface area contributed by atoms with Crippen LogP contribution in [0.15, 0.2) is 30.5 Å². The zero-order chi connectivity index (χ0) is 13.9. The third-order valence-electron chi connectivity index (χ3n) is 4.15. The van der Waals surface area contributed by atoms with Gasteiger partial charge in [0.2, 0.25) is 0 Å². The van der Waals surface area contributed by atoms with E-state index >= 15 is 0 Å². The molecule has 0 saturated heterocycles. The second-order valence-corrected chi connectivity index (χ2v) is 6.49. The summed E-state index contributed by atoms with van der Waals surface area (Å²) in [6, 6.07) is 8.66. The van der Waals surface area contributed by atoms with Gasteiger partial charge in [0, 0.05) is 28.6 Å². The van der Waals surface area contributed by atoms with Crippen LogP contribution in [0.1, 0.15) is 25.7 Å². The highest BCUT2D eigenvalue weighted by atomic mass is 32.2. The topological polar surface area (TPSA) is 50.9 Å². The molecule has 0 bridgehead atoms. The van der Waals surface area contributed by atoms with Gasteiger partial charge in [-0.2, -0.15) is 11.8 Å². The molecule has 1 saturated carbocycles. The third kappa shape index (κ3) is 2.57. The van der Waals surface area contributed by atoms with Crippen molar-refractivity contribution < 1.29 is 0 Å². The van der Waals surface area contributed by atoms with E-state index in [1.54, 1.807) is 6.20 Å². The van der Waals surface area contributed by atoms with Gasteiger partial charge in [-0.25, -0.2) is 0 Å². The van der Waals surface area contributed by atoms with Crippen molar-refractivity contribution in [3.63, 3.8) is 0 Å². The average Bonchev–Trinajstić information content (AvgIpc) is 2.51. The van der Waals surface area contributed by atoms with Gasteiger partial charge in [0.1, 0.15) is 0 Å². The number of pyridine rings is 1. The minimum Gasteiger partial charge on any atom is -0.397 e. The Labute approximate surface area is 124 Å². The monoisotopic (exact) mass is 287 g/mol. The maximum Gasteiger partial charge on any atom is 0.0951 e. The Morgan fingerprint density at radius 3 is 2.95 bits per heavy atom. The first-order chi connectivity index (χ1) is 9.79. The van der Waals surface area contributed by atoms with Crippen molar-refractivity contribution in [2.24, 2.45) is 0 Å². The number of hydrogen-bond donors (Lipinski definition) is 2. The summed E-state index contributed by atoms with van der Waals surface area (Å²) in [6.07, 6.45) is 9.25. The number of fused-ring (bicyclic) bond motifs is 1. The number of benzene rings is 1. The van der Waals surface area contributed by atoms with Gasteiger partial charge in [-0.15, -0.1) is 0 Å². The lowest BCUT2D eigenvalue weighted by molar-refractivity contribution is 0.475. The third-order valence-corrected chi connectivity index (χ3v) is 5.32. The van der Waals surface area contributed by atoms with Crippen molar-refractivity contribution >= 4 is 34.0 Å². The molecule has 4 heteroatoms. The lowest BCUT2D eigenvalue weighted by Gasteiger charge is -2.32. The molecule has 2 unspecified atom stereocenters. The Morgan fingerprint density at radius 2 is 2.10 bits per heavy atom. The van der Waals surface area contributed by atoms with E-state index in [0.717, 1.165) is 22.3 Å². The summed E-state index contributed by atoms with van der Waals surface area (Å²) in [7, 11) is 0. The normalized spacial score (nSPS) is 22.9. The van der Waals surface area contributed by atoms with E-state index in [1.807, 2.05) is 23.9 Å². The van der Waals surface area contributed by atoms with E-state index in [9.17, 15) is 0 Å². The highest BCUT2D eigenvalue weighted by Gasteiger charge is 2.24. The Kier molecular flexibility index (Phi) is 4.01. The zero-order valence-corrected chi connectivity index (χ0v) is 12.6. The van der Waals surface area contributed by atoms with E-state index in [4.69, 9.17) is 5.73 Å². The number of anilines is 2. The largest absolute Gasteiger partial charge is 0.397 e. The fourth-order valence-electron chi connectivity index (χ4n) is 3.06. The van der Waals surface area contributed by atoms with Crippen LogP contribution in [0.25, 0.3) is 10.9 Å². The fraction of sp³-hybridized carbons (Fsp3) is 0.438. The van der Waals surface area contributed by atoms with Gasteiger partial charge in [-0.3, -0.25) is 4.98 Å². The van der Waals surface area contributed by atoms with Crippen molar-refractivity contribution in [1.82, 2.24) is 4.98 Å².